The first kappa shape index (κ1) is 20.3. The van der Waals surface area contributed by atoms with Gasteiger partial charge in [0.05, 0.1) is 7.11 Å². The molecule has 0 aromatic heterocycles. The van der Waals surface area contributed by atoms with Crippen molar-refractivity contribution in [3.05, 3.63) is 58.6 Å². The molecule has 0 saturated heterocycles. The van der Waals surface area contributed by atoms with Gasteiger partial charge >= 0.3 is 5.97 Å². The number of anilines is 1. The minimum Gasteiger partial charge on any atom is -0.497 e. The molecule has 2 amide bonds. The molecule has 8 heteroatoms. The molecule has 0 unspecified atom stereocenters. The van der Waals surface area contributed by atoms with E-state index in [0.29, 0.717) is 27.6 Å². The first-order chi connectivity index (χ1) is 12.9. The molecule has 2 aromatic carbocycles. The fourth-order valence-corrected chi connectivity index (χ4v) is 2.30. The van der Waals surface area contributed by atoms with Crippen molar-refractivity contribution in [1.29, 1.82) is 0 Å². The highest BCUT2D eigenvalue weighted by atomic mass is 35.5. The third-order valence-electron chi connectivity index (χ3n) is 3.65. The monoisotopic (exact) mass is 390 g/mol. The Labute approximate surface area is 161 Å². The van der Waals surface area contributed by atoms with Gasteiger partial charge in [-0.1, -0.05) is 17.7 Å². The lowest BCUT2D eigenvalue weighted by Crippen LogP contribution is -2.32. The Morgan fingerprint density at radius 2 is 1.78 bits per heavy atom. The van der Waals surface area contributed by atoms with Crippen LogP contribution >= 0.6 is 11.6 Å². The minimum absolute atomic E-state index is 0.353. The van der Waals surface area contributed by atoms with Gasteiger partial charge in [-0.05, 0) is 48.9 Å². The van der Waals surface area contributed by atoms with E-state index in [1.807, 2.05) is 0 Å². The van der Waals surface area contributed by atoms with E-state index in [4.69, 9.17) is 21.1 Å². The quantitative estimate of drug-likeness (QED) is 0.709. The van der Waals surface area contributed by atoms with Crippen LogP contribution in [-0.2, 0) is 14.3 Å². The Bertz CT molecular complexity index is 836. The topological polar surface area (TPSA) is 93.7 Å². The number of carbonyl (C=O) groups excluding carboxylic acids is 3. The van der Waals surface area contributed by atoms with Crippen molar-refractivity contribution in [2.75, 3.05) is 25.6 Å². The molecule has 0 bridgehead atoms. The van der Waals surface area contributed by atoms with Crippen LogP contribution in [-0.4, -0.2) is 38.0 Å². The number of esters is 1. The largest absolute Gasteiger partial charge is 0.497 e. The predicted molar refractivity (Wildman–Crippen MR) is 101 cm³/mol. The molecule has 2 aromatic rings. The van der Waals surface area contributed by atoms with Crippen molar-refractivity contribution in [3.63, 3.8) is 0 Å². The molecular formula is C19H19ClN2O5. The summed E-state index contributed by atoms with van der Waals surface area (Å²) in [6.07, 6.45) is 0. The molecule has 0 spiro atoms. The highest BCUT2D eigenvalue weighted by Gasteiger charge is 2.12. The first-order valence-electron chi connectivity index (χ1n) is 8.03. The summed E-state index contributed by atoms with van der Waals surface area (Å²) >= 11 is 5.98. The van der Waals surface area contributed by atoms with E-state index >= 15 is 0 Å². The molecule has 0 aliphatic heterocycles. The van der Waals surface area contributed by atoms with E-state index in [1.165, 1.54) is 7.11 Å². The maximum absolute atomic E-state index is 11.9. The van der Waals surface area contributed by atoms with Crippen molar-refractivity contribution in [2.45, 2.75) is 6.92 Å². The van der Waals surface area contributed by atoms with Crippen LogP contribution in [0.3, 0.4) is 0 Å². The van der Waals surface area contributed by atoms with Crippen LogP contribution < -0.4 is 15.4 Å². The number of hydrogen-bond donors (Lipinski definition) is 2. The average molecular weight is 391 g/mol. The van der Waals surface area contributed by atoms with E-state index in [-0.39, 0.29) is 6.54 Å². The van der Waals surface area contributed by atoms with Gasteiger partial charge < -0.3 is 20.1 Å². The molecule has 0 aliphatic carbocycles. The number of amides is 2. The van der Waals surface area contributed by atoms with Crippen LogP contribution in [0.25, 0.3) is 0 Å². The normalized spacial score (nSPS) is 10.0. The van der Waals surface area contributed by atoms with Crippen LogP contribution in [0, 0.1) is 6.92 Å². The molecule has 7 nitrogen and oxygen atoms in total. The van der Waals surface area contributed by atoms with Gasteiger partial charge in [0.25, 0.3) is 11.8 Å². The second-order valence-electron chi connectivity index (χ2n) is 5.53. The summed E-state index contributed by atoms with van der Waals surface area (Å²) in [5.41, 5.74) is 1.62. The Morgan fingerprint density at radius 1 is 1.07 bits per heavy atom. The Morgan fingerprint density at radius 3 is 2.44 bits per heavy atom. The summed E-state index contributed by atoms with van der Waals surface area (Å²) in [5.74, 6) is -1.05. The molecule has 0 fully saturated rings. The van der Waals surface area contributed by atoms with E-state index in [2.05, 4.69) is 10.6 Å². The third kappa shape index (κ3) is 6.00. The summed E-state index contributed by atoms with van der Waals surface area (Å²) < 4.78 is 9.86. The van der Waals surface area contributed by atoms with Gasteiger partial charge in [-0.25, -0.2) is 0 Å². The zero-order valence-electron chi connectivity index (χ0n) is 14.9. The van der Waals surface area contributed by atoms with Crippen LogP contribution in [0.2, 0.25) is 5.02 Å². The highest BCUT2D eigenvalue weighted by Crippen LogP contribution is 2.22. The zero-order chi connectivity index (χ0) is 19.8. The average Bonchev–Trinajstić information content (AvgIpc) is 2.68. The second kappa shape index (κ2) is 9.59. The number of halogens is 1. The first-order valence-corrected chi connectivity index (χ1v) is 8.41. The standard InChI is InChI=1S/C19H19ClN2O5/c1-12-15(20)4-3-5-16(12)22-17(23)11-27-18(24)10-21-19(25)13-6-8-14(26-2)9-7-13/h3-9H,10-11H2,1-2H3,(H,21,25)(H,22,23). The summed E-state index contributed by atoms with van der Waals surface area (Å²) in [5, 5.41) is 5.55. The van der Waals surface area contributed by atoms with Crippen LogP contribution in [0.5, 0.6) is 5.75 Å². The van der Waals surface area contributed by atoms with Crippen LogP contribution in [0.4, 0.5) is 5.69 Å². The molecule has 2 N–H and O–H groups in total. The number of hydrogen-bond acceptors (Lipinski definition) is 5. The van der Waals surface area contributed by atoms with Gasteiger partial charge in [-0.3, -0.25) is 14.4 Å². The van der Waals surface area contributed by atoms with Crippen molar-refractivity contribution in [3.8, 4) is 5.75 Å². The van der Waals surface area contributed by atoms with Gasteiger partial charge in [-0.2, -0.15) is 0 Å². The molecular weight excluding hydrogens is 372 g/mol. The summed E-state index contributed by atoms with van der Waals surface area (Å²) in [4.78, 5) is 35.5. The lowest BCUT2D eigenvalue weighted by Gasteiger charge is -2.10. The molecule has 0 atom stereocenters. The van der Waals surface area contributed by atoms with Crippen molar-refractivity contribution in [2.24, 2.45) is 0 Å². The lowest BCUT2D eigenvalue weighted by atomic mass is 10.2. The molecule has 0 radical (unpaired) electrons. The van der Waals surface area contributed by atoms with Gasteiger partial charge in [0.1, 0.15) is 12.3 Å². The Hall–Kier alpha value is -3.06. The fraction of sp³-hybridized carbons (Fsp3) is 0.211. The Balaban J connectivity index is 1.75. The van der Waals surface area contributed by atoms with E-state index in [0.717, 1.165) is 0 Å². The maximum Gasteiger partial charge on any atom is 0.325 e. The van der Waals surface area contributed by atoms with Gasteiger partial charge in [0.2, 0.25) is 0 Å². The molecule has 0 saturated carbocycles. The van der Waals surface area contributed by atoms with E-state index < -0.39 is 24.4 Å². The second-order valence-corrected chi connectivity index (χ2v) is 5.94. The molecule has 27 heavy (non-hydrogen) atoms. The number of rotatable bonds is 7. The fourth-order valence-electron chi connectivity index (χ4n) is 2.12. The van der Waals surface area contributed by atoms with Crippen molar-refractivity contribution >= 4 is 35.1 Å². The van der Waals surface area contributed by atoms with Gasteiger partial charge in [0, 0.05) is 16.3 Å². The van der Waals surface area contributed by atoms with Crippen molar-refractivity contribution in [1.82, 2.24) is 5.32 Å². The summed E-state index contributed by atoms with van der Waals surface area (Å²) in [7, 11) is 1.52. The number of carbonyl (C=O) groups is 3. The highest BCUT2D eigenvalue weighted by molar-refractivity contribution is 6.31. The van der Waals surface area contributed by atoms with Crippen LogP contribution in [0.15, 0.2) is 42.5 Å². The molecule has 142 valence electrons. The van der Waals surface area contributed by atoms with Gasteiger partial charge in [-0.15, -0.1) is 0 Å². The number of nitrogens with one attached hydrogen (secondary N) is 2. The maximum atomic E-state index is 11.9. The SMILES string of the molecule is COc1ccc(C(=O)NCC(=O)OCC(=O)Nc2cccc(Cl)c2C)cc1. The molecule has 0 heterocycles. The summed E-state index contributed by atoms with van der Waals surface area (Å²) in [6, 6.07) is 11.5. The van der Waals surface area contributed by atoms with Crippen LogP contribution in [0.1, 0.15) is 15.9 Å². The molecule has 0 aliphatic rings. The minimum atomic E-state index is -0.727. The zero-order valence-corrected chi connectivity index (χ0v) is 15.6. The number of ether oxygens (including phenoxy) is 2. The lowest BCUT2D eigenvalue weighted by molar-refractivity contribution is -0.146. The van der Waals surface area contributed by atoms with E-state index in [9.17, 15) is 14.4 Å². The van der Waals surface area contributed by atoms with Gasteiger partial charge in [0.15, 0.2) is 6.61 Å². The number of benzene rings is 2. The predicted octanol–water partition coefficient (Wildman–Crippen LogP) is 2.57. The molecule has 2 rings (SSSR count). The third-order valence-corrected chi connectivity index (χ3v) is 4.06. The van der Waals surface area contributed by atoms with E-state index in [1.54, 1.807) is 49.4 Å². The number of methoxy groups -OCH3 is 1. The Kier molecular flexibility index (Phi) is 7.19. The summed E-state index contributed by atoms with van der Waals surface area (Å²) in [6.45, 7) is 0.941. The van der Waals surface area contributed by atoms with Crippen molar-refractivity contribution < 1.29 is 23.9 Å². The smallest absolute Gasteiger partial charge is 0.325 e.